The predicted molar refractivity (Wildman–Crippen MR) is 74.8 cm³/mol. The Bertz CT molecular complexity index is 545. The molecule has 2 atom stereocenters. The first-order valence-electron chi connectivity index (χ1n) is 7.02. The average molecular weight is 278 g/mol. The van der Waals surface area contributed by atoms with Crippen molar-refractivity contribution in [3.8, 4) is 0 Å². The van der Waals surface area contributed by atoms with Gasteiger partial charge >= 0.3 is 5.97 Å². The fourth-order valence-corrected chi connectivity index (χ4v) is 3.57. The van der Waals surface area contributed by atoms with Crippen LogP contribution in [0, 0.1) is 18.3 Å². The fourth-order valence-electron chi connectivity index (χ4n) is 3.57. The van der Waals surface area contributed by atoms with E-state index in [4.69, 9.17) is 5.11 Å². The standard InChI is InChI=1S/C15H22N2O3/c1-9-12(14(19)20)8-16-17(9)11-5-6-13(10(2)18)15(3,4)7-11/h8,11,13H,5-7H2,1-4H3,(H,19,20)/t11-,13+/m0/s1. The molecule has 110 valence electrons. The zero-order valence-electron chi connectivity index (χ0n) is 12.5. The van der Waals surface area contributed by atoms with Gasteiger partial charge in [-0.05, 0) is 38.5 Å². The molecule has 20 heavy (non-hydrogen) atoms. The Hall–Kier alpha value is -1.65. The van der Waals surface area contributed by atoms with Crippen LogP contribution in [0.25, 0.3) is 0 Å². The Labute approximate surface area is 119 Å². The first-order valence-corrected chi connectivity index (χ1v) is 7.02. The van der Waals surface area contributed by atoms with Gasteiger partial charge in [0.1, 0.15) is 11.3 Å². The van der Waals surface area contributed by atoms with Crippen LogP contribution in [-0.4, -0.2) is 26.6 Å². The van der Waals surface area contributed by atoms with Gasteiger partial charge in [0.25, 0.3) is 0 Å². The van der Waals surface area contributed by atoms with Crippen LogP contribution >= 0.6 is 0 Å². The molecule has 1 aliphatic rings. The molecule has 1 heterocycles. The van der Waals surface area contributed by atoms with Crippen molar-refractivity contribution in [2.24, 2.45) is 11.3 Å². The number of nitrogens with zero attached hydrogens (tertiary/aromatic N) is 2. The molecule has 0 radical (unpaired) electrons. The van der Waals surface area contributed by atoms with Crippen LogP contribution in [0.1, 0.15) is 62.1 Å². The van der Waals surface area contributed by atoms with E-state index in [1.54, 1.807) is 13.8 Å². The number of rotatable bonds is 3. The summed E-state index contributed by atoms with van der Waals surface area (Å²) < 4.78 is 1.82. The van der Waals surface area contributed by atoms with Gasteiger partial charge < -0.3 is 5.11 Å². The molecule has 2 rings (SSSR count). The van der Waals surface area contributed by atoms with Crippen molar-refractivity contribution in [1.82, 2.24) is 9.78 Å². The molecule has 1 fully saturated rings. The maximum atomic E-state index is 11.7. The molecule has 1 saturated carbocycles. The lowest BCUT2D eigenvalue weighted by molar-refractivity contribution is -0.126. The van der Waals surface area contributed by atoms with Crippen molar-refractivity contribution in [2.75, 3.05) is 0 Å². The van der Waals surface area contributed by atoms with E-state index >= 15 is 0 Å². The molecule has 0 unspecified atom stereocenters. The van der Waals surface area contributed by atoms with Crippen LogP contribution in [0.4, 0.5) is 0 Å². The van der Waals surface area contributed by atoms with E-state index in [1.165, 1.54) is 6.20 Å². The van der Waals surface area contributed by atoms with Crippen LogP contribution in [0.5, 0.6) is 0 Å². The fraction of sp³-hybridized carbons (Fsp3) is 0.667. The number of carbonyl (C=O) groups excluding carboxylic acids is 1. The quantitative estimate of drug-likeness (QED) is 0.922. The lowest BCUT2D eigenvalue weighted by Gasteiger charge is -2.41. The molecule has 5 nitrogen and oxygen atoms in total. The van der Waals surface area contributed by atoms with Crippen molar-refractivity contribution >= 4 is 11.8 Å². The monoisotopic (exact) mass is 278 g/mol. The third kappa shape index (κ3) is 2.49. The molecule has 0 bridgehead atoms. The number of hydrogen-bond donors (Lipinski definition) is 1. The zero-order valence-corrected chi connectivity index (χ0v) is 12.5. The summed E-state index contributed by atoms with van der Waals surface area (Å²) >= 11 is 0. The van der Waals surface area contributed by atoms with E-state index in [2.05, 4.69) is 18.9 Å². The Morgan fingerprint density at radius 1 is 1.40 bits per heavy atom. The van der Waals surface area contributed by atoms with E-state index in [1.807, 2.05) is 4.68 Å². The van der Waals surface area contributed by atoms with Crippen molar-refractivity contribution in [1.29, 1.82) is 0 Å². The van der Waals surface area contributed by atoms with Crippen LogP contribution in [0.2, 0.25) is 0 Å². The van der Waals surface area contributed by atoms with Gasteiger partial charge in [0.2, 0.25) is 0 Å². The Morgan fingerprint density at radius 3 is 2.50 bits per heavy atom. The van der Waals surface area contributed by atoms with E-state index in [0.717, 1.165) is 19.3 Å². The van der Waals surface area contributed by atoms with E-state index < -0.39 is 5.97 Å². The van der Waals surface area contributed by atoms with Gasteiger partial charge in [-0.3, -0.25) is 9.48 Å². The average Bonchev–Trinajstić information content (AvgIpc) is 2.69. The van der Waals surface area contributed by atoms with Crippen molar-refractivity contribution in [2.45, 2.75) is 53.0 Å². The molecule has 0 amide bonds. The Balaban J connectivity index is 2.25. The first kappa shape index (κ1) is 14.8. The van der Waals surface area contributed by atoms with Crippen LogP contribution in [0.15, 0.2) is 6.20 Å². The highest BCUT2D eigenvalue weighted by atomic mass is 16.4. The topological polar surface area (TPSA) is 72.2 Å². The third-order valence-electron chi connectivity index (χ3n) is 4.61. The smallest absolute Gasteiger partial charge is 0.339 e. The van der Waals surface area contributed by atoms with Gasteiger partial charge in [-0.25, -0.2) is 4.79 Å². The van der Waals surface area contributed by atoms with Crippen LogP contribution in [-0.2, 0) is 4.79 Å². The van der Waals surface area contributed by atoms with Gasteiger partial charge in [-0.2, -0.15) is 5.10 Å². The van der Waals surface area contributed by atoms with Gasteiger partial charge in [0, 0.05) is 5.92 Å². The minimum absolute atomic E-state index is 0.0729. The molecule has 0 aliphatic heterocycles. The summed E-state index contributed by atoms with van der Waals surface area (Å²) in [6, 6.07) is 0.175. The largest absolute Gasteiger partial charge is 0.478 e. The van der Waals surface area contributed by atoms with Crippen molar-refractivity contribution in [3.05, 3.63) is 17.5 Å². The minimum atomic E-state index is -0.939. The SMILES string of the molecule is CC(=O)[C@H]1CC[C@H](n2ncc(C(=O)O)c2C)CC1(C)C. The Kier molecular flexibility index (Phi) is 3.71. The van der Waals surface area contributed by atoms with E-state index in [9.17, 15) is 9.59 Å². The Morgan fingerprint density at radius 2 is 2.05 bits per heavy atom. The lowest BCUT2D eigenvalue weighted by Crippen LogP contribution is -2.37. The molecule has 5 heteroatoms. The molecule has 1 N–H and O–H groups in total. The highest BCUT2D eigenvalue weighted by Crippen LogP contribution is 2.45. The summed E-state index contributed by atoms with van der Waals surface area (Å²) in [5, 5.41) is 13.3. The second kappa shape index (κ2) is 5.04. The van der Waals surface area contributed by atoms with E-state index in [-0.39, 0.29) is 28.7 Å². The van der Waals surface area contributed by atoms with Crippen LogP contribution in [0.3, 0.4) is 0 Å². The summed E-state index contributed by atoms with van der Waals surface area (Å²) in [4.78, 5) is 22.8. The molecule has 0 aromatic carbocycles. The number of Topliss-reactive ketones (excluding diaryl/α,β-unsaturated/α-hetero) is 1. The minimum Gasteiger partial charge on any atom is -0.478 e. The van der Waals surface area contributed by atoms with Gasteiger partial charge in [0.15, 0.2) is 0 Å². The van der Waals surface area contributed by atoms with Gasteiger partial charge in [0.05, 0.1) is 17.9 Å². The van der Waals surface area contributed by atoms with E-state index in [0.29, 0.717) is 5.69 Å². The van der Waals surface area contributed by atoms with Crippen molar-refractivity contribution in [3.63, 3.8) is 0 Å². The second-order valence-electron chi connectivity index (χ2n) is 6.48. The summed E-state index contributed by atoms with van der Waals surface area (Å²) in [6.07, 6.45) is 3.98. The normalized spacial score (nSPS) is 25.4. The first-order chi connectivity index (χ1) is 9.24. The summed E-state index contributed by atoms with van der Waals surface area (Å²) in [5.41, 5.74) is 0.882. The molecule has 1 aromatic heterocycles. The summed E-state index contributed by atoms with van der Waals surface area (Å²) in [6.45, 7) is 7.68. The highest BCUT2D eigenvalue weighted by molar-refractivity contribution is 5.88. The summed E-state index contributed by atoms with van der Waals surface area (Å²) in [5.74, 6) is -0.601. The number of aromatic carboxylic acids is 1. The zero-order chi connectivity index (χ0) is 15.1. The number of carboxylic acids is 1. The van der Waals surface area contributed by atoms with Gasteiger partial charge in [-0.1, -0.05) is 13.8 Å². The highest BCUT2D eigenvalue weighted by Gasteiger charge is 2.40. The lowest BCUT2D eigenvalue weighted by atomic mass is 9.66. The number of carboxylic acid groups (broad SMARTS) is 1. The predicted octanol–water partition coefficient (Wildman–Crippen LogP) is 2.85. The molecular weight excluding hydrogens is 256 g/mol. The molecule has 0 spiro atoms. The van der Waals surface area contributed by atoms with Crippen LogP contribution < -0.4 is 0 Å². The molecule has 0 saturated heterocycles. The number of ketones is 1. The molecular formula is C15H22N2O3. The van der Waals surface area contributed by atoms with Gasteiger partial charge in [-0.15, -0.1) is 0 Å². The maximum absolute atomic E-state index is 11.7. The maximum Gasteiger partial charge on any atom is 0.339 e. The van der Waals surface area contributed by atoms with Crippen molar-refractivity contribution < 1.29 is 14.7 Å². The molecule has 1 aliphatic carbocycles. The number of aromatic nitrogens is 2. The second-order valence-corrected chi connectivity index (χ2v) is 6.48. The summed E-state index contributed by atoms with van der Waals surface area (Å²) in [7, 11) is 0. The molecule has 1 aromatic rings. The number of carbonyl (C=O) groups is 2. The third-order valence-corrected chi connectivity index (χ3v) is 4.61. The number of hydrogen-bond acceptors (Lipinski definition) is 3.